The second-order valence-electron chi connectivity index (χ2n) is 5.96. The monoisotopic (exact) mass is 290 g/mol. The van der Waals surface area contributed by atoms with E-state index in [0.29, 0.717) is 12.1 Å². The fourth-order valence-electron chi connectivity index (χ4n) is 2.67. The van der Waals surface area contributed by atoms with Crippen LogP contribution in [0, 0.1) is 5.92 Å². The number of carbonyl (C=O) groups excluding carboxylic acids is 1. The number of rotatable bonds is 5. The van der Waals surface area contributed by atoms with Gasteiger partial charge in [-0.3, -0.25) is 0 Å². The highest BCUT2D eigenvalue weighted by Gasteiger charge is 2.21. The van der Waals surface area contributed by atoms with Crippen molar-refractivity contribution in [3.05, 3.63) is 29.3 Å². The molecule has 1 atom stereocenters. The molecule has 0 saturated carbocycles. The number of anilines is 1. The van der Waals surface area contributed by atoms with Crippen LogP contribution in [0.3, 0.4) is 0 Å². The molecule has 0 bridgehead atoms. The molecule has 5 heteroatoms. The largest absolute Gasteiger partial charge is 0.480 e. The van der Waals surface area contributed by atoms with E-state index in [1.807, 2.05) is 32.0 Å². The van der Waals surface area contributed by atoms with E-state index in [2.05, 4.69) is 10.6 Å². The van der Waals surface area contributed by atoms with Gasteiger partial charge in [-0.1, -0.05) is 19.9 Å². The lowest BCUT2D eigenvalue weighted by Crippen LogP contribution is -2.43. The van der Waals surface area contributed by atoms with E-state index in [4.69, 9.17) is 5.11 Å². The Balaban J connectivity index is 1.96. The third-order valence-electron chi connectivity index (χ3n) is 3.67. The molecule has 0 fully saturated rings. The molecule has 0 radical (unpaired) electrons. The van der Waals surface area contributed by atoms with Gasteiger partial charge in [0.15, 0.2) is 0 Å². The maximum Gasteiger partial charge on any atom is 0.326 e. The van der Waals surface area contributed by atoms with Gasteiger partial charge in [-0.05, 0) is 54.9 Å². The average molecular weight is 290 g/mol. The summed E-state index contributed by atoms with van der Waals surface area (Å²) in [7, 11) is 0. The predicted molar refractivity (Wildman–Crippen MR) is 81.5 cm³/mol. The maximum absolute atomic E-state index is 11.9. The van der Waals surface area contributed by atoms with Crippen LogP contribution in [-0.2, 0) is 17.6 Å². The number of fused-ring (bicyclic) bond motifs is 1. The van der Waals surface area contributed by atoms with Crippen molar-refractivity contribution in [3.63, 3.8) is 0 Å². The molecule has 3 N–H and O–H groups in total. The van der Waals surface area contributed by atoms with E-state index in [1.165, 1.54) is 11.1 Å². The van der Waals surface area contributed by atoms with Gasteiger partial charge in [0.2, 0.25) is 0 Å². The van der Waals surface area contributed by atoms with Crippen LogP contribution in [0.4, 0.5) is 10.5 Å². The number of aliphatic carboxylic acids is 1. The molecule has 1 aliphatic rings. The summed E-state index contributed by atoms with van der Waals surface area (Å²) < 4.78 is 0. The van der Waals surface area contributed by atoms with Crippen LogP contribution in [0.2, 0.25) is 0 Å². The molecule has 0 aromatic heterocycles. The Bertz CT molecular complexity index is 540. The second-order valence-corrected chi connectivity index (χ2v) is 5.96. The minimum Gasteiger partial charge on any atom is -0.480 e. The summed E-state index contributed by atoms with van der Waals surface area (Å²) in [6.45, 7) is 3.85. The highest BCUT2D eigenvalue weighted by molar-refractivity contribution is 5.92. The highest BCUT2D eigenvalue weighted by atomic mass is 16.4. The first kappa shape index (κ1) is 15.4. The molecule has 21 heavy (non-hydrogen) atoms. The van der Waals surface area contributed by atoms with Crippen molar-refractivity contribution in [2.24, 2.45) is 5.92 Å². The standard InChI is InChI=1S/C16H22N2O3/c1-10(2)8-14(15(19)20)18-16(21)17-13-7-6-11-4-3-5-12(11)9-13/h6-7,9-10,14H,3-5,8H2,1-2H3,(H,19,20)(H2,17,18,21). The van der Waals surface area contributed by atoms with E-state index in [1.54, 1.807) is 0 Å². The quantitative estimate of drug-likeness (QED) is 0.780. The normalized spacial score (nSPS) is 14.6. The summed E-state index contributed by atoms with van der Waals surface area (Å²) >= 11 is 0. The van der Waals surface area contributed by atoms with E-state index in [-0.39, 0.29) is 5.92 Å². The first-order valence-corrected chi connectivity index (χ1v) is 7.38. The Hall–Kier alpha value is -2.04. The molecule has 0 aliphatic heterocycles. The first-order valence-electron chi connectivity index (χ1n) is 7.38. The Morgan fingerprint density at radius 2 is 1.95 bits per heavy atom. The molecule has 114 valence electrons. The number of carboxylic acids is 1. The maximum atomic E-state index is 11.9. The number of hydrogen-bond acceptors (Lipinski definition) is 2. The van der Waals surface area contributed by atoms with E-state index >= 15 is 0 Å². The molecule has 1 unspecified atom stereocenters. The van der Waals surface area contributed by atoms with Crippen LogP contribution in [0.15, 0.2) is 18.2 Å². The summed E-state index contributed by atoms with van der Waals surface area (Å²) in [6.07, 6.45) is 3.70. The minimum atomic E-state index is -1.01. The summed E-state index contributed by atoms with van der Waals surface area (Å²) in [5.41, 5.74) is 3.32. The Morgan fingerprint density at radius 3 is 2.62 bits per heavy atom. The molecule has 2 amide bonds. The van der Waals surface area contributed by atoms with Gasteiger partial charge in [-0.15, -0.1) is 0 Å². The van der Waals surface area contributed by atoms with Gasteiger partial charge in [-0.2, -0.15) is 0 Å². The third kappa shape index (κ3) is 4.21. The zero-order valence-corrected chi connectivity index (χ0v) is 12.5. The van der Waals surface area contributed by atoms with Gasteiger partial charge in [0, 0.05) is 5.69 Å². The Labute approximate surface area is 124 Å². The fourth-order valence-corrected chi connectivity index (χ4v) is 2.67. The number of carboxylic acid groups (broad SMARTS) is 1. The molecular formula is C16H22N2O3. The zero-order chi connectivity index (χ0) is 15.4. The van der Waals surface area contributed by atoms with Crippen LogP contribution in [0.1, 0.15) is 37.8 Å². The fraction of sp³-hybridized carbons (Fsp3) is 0.500. The van der Waals surface area contributed by atoms with E-state index < -0.39 is 18.0 Å². The highest BCUT2D eigenvalue weighted by Crippen LogP contribution is 2.24. The van der Waals surface area contributed by atoms with Gasteiger partial charge in [0.25, 0.3) is 0 Å². The molecule has 1 aromatic carbocycles. The summed E-state index contributed by atoms with van der Waals surface area (Å²) in [5.74, 6) is -0.806. The summed E-state index contributed by atoms with van der Waals surface area (Å²) in [4.78, 5) is 23.1. The zero-order valence-electron chi connectivity index (χ0n) is 12.5. The van der Waals surface area contributed by atoms with Gasteiger partial charge in [-0.25, -0.2) is 9.59 Å². The van der Waals surface area contributed by atoms with Crippen LogP contribution < -0.4 is 10.6 Å². The van der Waals surface area contributed by atoms with Crippen molar-refractivity contribution in [1.82, 2.24) is 5.32 Å². The van der Waals surface area contributed by atoms with Crippen LogP contribution in [0.5, 0.6) is 0 Å². The van der Waals surface area contributed by atoms with Gasteiger partial charge in [0.1, 0.15) is 6.04 Å². The molecular weight excluding hydrogens is 268 g/mol. The second kappa shape index (κ2) is 6.61. The van der Waals surface area contributed by atoms with Crippen molar-refractivity contribution in [2.75, 3.05) is 5.32 Å². The predicted octanol–water partition coefficient (Wildman–Crippen LogP) is 2.80. The number of urea groups is 1. The third-order valence-corrected chi connectivity index (χ3v) is 3.67. The minimum absolute atomic E-state index is 0.200. The first-order chi connectivity index (χ1) is 9.95. The van der Waals surface area contributed by atoms with Gasteiger partial charge in [0.05, 0.1) is 0 Å². The van der Waals surface area contributed by atoms with Crippen LogP contribution >= 0.6 is 0 Å². The SMILES string of the molecule is CC(C)CC(NC(=O)Nc1ccc2c(c1)CCC2)C(=O)O. The molecule has 0 spiro atoms. The van der Waals surface area contributed by atoms with Gasteiger partial charge < -0.3 is 15.7 Å². The number of amides is 2. The van der Waals surface area contributed by atoms with Crippen LogP contribution in [0.25, 0.3) is 0 Å². The molecule has 0 saturated heterocycles. The van der Waals surface area contributed by atoms with Crippen molar-refractivity contribution in [3.8, 4) is 0 Å². The number of aryl methyl sites for hydroxylation is 2. The summed E-state index contributed by atoms with van der Waals surface area (Å²) in [5, 5.41) is 14.4. The Morgan fingerprint density at radius 1 is 1.24 bits per heavy atom. The Kier molecular flexibility index (Phi) is 4.83. The van der Waals surface area contributed by atoms with E-state index in [0.717, 1.165) is 19.3 Å². The number of nitrogens with one attached hydrogen (secondary N) is 2. The molecule has 0 heterocycles. The molecule has 1 aromatic rings. The van der Waals surface area contributed by atoms with Crippen LogP contribution in [-0.4, -0.2) is 23.1 Å². The van der Waals surface area contributed by atoms with Crippen molar-refractivity contribution in [1.29, 1.82) is 0 Å². The number of carbonyl (C=O) groups is 2. The van der Waals surface area contributed by atoms with E-state index in [9.17, 15) is 9.59 Å². The van der Waals surface area contributed by atoms with Crippen molar-refractivity contribution >= 4 is 17.7 Å². The lowest BCUT2D eigenvalue weighted by atomic mass is 10.0. The molecule has 5 nitrogen and oxygen atoms in total. The topological polar surface area (TPSA) is 78.4 Å². The average Bonchev–Trinajstić information content (AvgIpc) is 2.84. The lowest BCUT2D eigenvalue weighted by molar-refractivity contribution is -0.139. The van der Waals surface area contributed by atoms with Crippen molar-refractivity contribution in [2.45, 2.75) is 45.6 Å². The molecule has 2 rings (SSSR count). The van der Waals surface area contributed by atoms with Crippen molar-refractivity contribution < 1.29 is 14.7 Å². The number of benzene rings is 1. The van der Waals surface area contributed by atoms with Gasteiger partial charge >= 0.3 is 12.0 Å². The summed E-state index contributed by atoms with van der Waals surface area (Å²) in [6, 6.07) is 4.53. The number of hydrogen-bond donors (Lipinski definition) is 3. The lowest BCUT2D eigenvalue weighted by Gasteiger charge is -2.17. The smallest absolute Gasteiger partial charge is 0.326 e. The molecule has 1 aliphatic carbocycles.